The Morgan fingerprint density at radius 2 is 1.25 bits per heavy atom. The zero-order valence-electron chi connectivity index (χ0n) is 16.5. The van der Waals surface area contributed by atoms with Gasteiger partial charge in [-0.2, -0.15) is 0 Å². The first-order valence-corrected chi connectivity index (χ1v) is 10.8. The number of hydrogen-bond donors (Lipinski definition) is 2. The summed E-state index contributed by atoms with van der Waals surface area (Å²) in [6.45, 7) is 0.887. The first-order chi connectivity index (χ1) is 13.5. The molecule has 0 spiro atoms. The van der Waals surface area contributed by atoms with Crippen LogP contribution in [0.25, 0.3) is 0 Å². The summed E-state index contributed by atoms with van der Waals surface area (Å²) in [6, 6.07) is 7.65. The number of aliphatic hydroxyl groups is 2. The first kappa shape index (κ1) is 21.1. The number of hydrogen-bond acceptors (Lipinski definition) is 3. The molecule has 2 fully saturated rings. The minimum atomic E-state index is -0.854. The Hall–Kier alpha value is -1.65. The Kier molecular flexibility index (Phi) is 7.30. The van der Waals surface area contributed by atoms with Crippen molar-refractivity contribution in [3.05, 3.63) is 29.3 Å². The van der Waals surface area contributed by atoms with Gasteiger partial charge in [-0.05, 0) is 63.5 Å². The fourth-order valence-electron chi connectivity index (χ4n) is 4.06. The van der Waals surface area contributed by atoms with Gasteiger partial charge in [0.1, 0.15) is 11.2 Å². The van der Waals surface area contributed by atoms with Gasteiger partial charge in [0.2, 0.25) is 0 Å². The van der Waals surface area contributed by atoms with Gasteiger partial charge >= 0.3 is 0 Å². The lowest BCUT2D eigenvalue weighted by atomic mass is 9.85. The average Bonchev–Trinajstić information content (AvgIpc) is 2.68. The lowest BCUT2D eigenvalue weighted by molar-refractivity contribution is 0.0606. The summed E-state index contributed by atoms with van der Waals surface area (Å²) in [6.07, 6.45) is 9.47. The van der Waals surface area contributed by atoms with Crippen molar-refractivity contribution in [1.29, 1.82) is 0 Å². The highest BCUT2D eigenvalue weighted by atomic mass is 35.5. The number of para-hydroxylation sites is 1. The molecule has 0 atom stereocenters. The quantitative estimate of drug-likeness (QED) is 0.733. The highest BCUT2D eigenvalue weighted by Gasteiger charge is 2.27. The van der Waals surface area contributed by atoms with Crippen LogP contribution in [-0.2, 0) is 0 Å². The highest BCUT2D eigenvalue weighted by molar-refractivity contribution is 6.33. The van der Waals surface area contributed by atoms with Gasteiger partial charge in [0.15, 0.2) is 0 Å². The molecule has 0 heterocycles. The van der Waals surface area contributed by atoms with Crippen molar-refractivity contribution >= 4 is 17.3 Å². The second kappa shape index (κ2) is 9.71. The molecule has 28 heavy (non-hydrogen) atoms. The maximum absolute atomic E-state index is 10.6. The molecule has 150 valence electrons. The van der Waals surface area contributed by atoms with Gasteiger partial charge in [-0.1, -0.05) is 60.3 Å². The van der Waals surface area contributed by atoms with E-state index in [4.69, 9.17) is 11.6 Å². The normalized spacial score (nSPS) is 20.2. The van der Waals surface area contributed by atoms with Crippen LogP contribution in [0.15, 0.2) is 24.3 Å². The smallest absolute Gasteiger partial charge is 0.125 e. The molecule has 2 aliphatic rings. The van der Waals surface area contributed by atoms with E-state index in [-0.39, 0.29) is 0 Å². The van der Waals surface area contributed by atoms with E-state index in [1.54, 1.807) is 0 Å². The molecule has 0 unspecified atom stereocenters. The third kappa shape index (κ3) is 5.92. The third-order valence-electron chi connectivity index (χ3n) is 5.74. The number of halogens is 1. The van der Waals surface area contributed by atoms with Crippen molar-refractivity contribution in [1.82, 2.24) is 0 Å². The van der Waals surface area contributed by atoms with E-state index in [9.17, 15) is 10.2 Å². The molecule has 0 aromatic heterocycles. The molecule has 0 amide bonds. The number of rotatable bonds is 3. The van der Waals surface area contributed by atoms with Gasteiger partial charge in [0, 0.05) is 0 Å². The molecule has 0 saturated heterocycles. The minimum Gasteiger partial charge on any atom is -0.378 e. The minimum absolute atomic E-state index is 0.444. The third-order valence-corrected chi connectivity index (χ3v) is 6.06. The molecule has 2 N–H and O–H groups in total. The summed E-state index contributed by atoms with van der Waals surface area (Å²) < 4.78 is 0. The van der Waals surface area contributed by atoms with Crippen LogP contribution in [0.4, 0.5) is 5.69 Å². The molecule has 0 bridgehead atoms. The first-order valence-electron chi connectivity index (χ1n) is 10.4. The summed E-state index contributed by atoms with van der Waals surface area (Å²) in [5.74, 6) is 12.5. The van der Waals surface area contributed by atoms with E-state index < -0.39 is 11.2 Å². The van der Waals surface area contributed by atoms with E-state index in [1.165, 1.54) is 12.8 Å². The molecule has 0 radical (unpaired) electrons. The predicted molar refractivity (Wildman–Crippen MR) is 115 cm³/mol. The molecule has 2 saturated carbocycles. The highest BCUT2D eigenvalue weighted by Crippen LogP contribution is 2.29. The van der Waals surface area contributed by atoms with Crippen LogP contribution >= 0.6 is 11.6 Å². The van der Waals surface area contributed by atoms with Crippen molar-refractivity contribution in [2.45, 2.75) is 75.4 Å². The maximum Gasteiger partial charge on any atom is 0.125 e. The Morgan fingerprint density at radius 3 is 1.71 bits per heavy atom. The molecule has 1 aromatic carbocycles. The van der Waals surface area contributed by atoms with Crippen molar-refractivity contribution < 1.29 is 10.2 Å². The fraction of sp³-hybridized carbons (Fsp3) is 0.583. The monoisotopic (exact) mass is 399 g/mol. The SMILES string of the molecule is OC1(C#CCN(CC#CC2(O)CCCCC2)c2ccccc2Cl)CCCCC1. The maximum atomic E-state index is 10.6. The van der Waals surface area contributed by atoms with Crippen LogP contribution < -0.4 is 4.90 Å². The molecule has 3 nitrogen and oxygen atoms in total. The van der Waals surface area contributed by atoms with Crippen LogP contribution in [0.5, 0.6) is 0 Å². The standard InChI is InChI=1S/C24H30ClNO2/c25-21-11-3-4-12-22(21)26(19-9-17-23(27)13-5-1-6-14-23)20-10-18-24(28)15-7-2-8-16-24/h3-4,11-12,27-28H,1-2,5-8,13-16,19-20H2. The largest absolute Gasteiger partial charge is 0.378 e. The van der Waals surface area contributed by atoms with E-state index in [2.05, 4.69) is 23.7 Å². The topological polar surface area (TPSA) is 43.7 Å². The lowest BCUT2D eigenvalue weighted by Gasteiger charge is -2.27. The van der Waals surface area contributed by atoms with Crippen LogP contribution in [0.2, 0.25) is 5.02 Å². The lowest BCUT2D eigenvalue weighted by Crippen LogP contribution is -2.31. The van der Waals surface area contributed by atoms with Gasteiger partial charge in [0.05, 0.1) is 23.8 Å². The van der Waals surface area contributed by atoms with Gasteiger partial charge in [0.25, 0.3) is 0 Å². The van der Waals surface area contributed by atoms with Gasteiger partial charge < -0.3 is 15.1 Å². The van der Waals surface area contributed by atoms with Gasteiger partial charge in [-0.3, -0.25) is 0 Å². The van der Waals surface area contributed by atoms with E-state index in [0.717, 1.165) is 57.1 Å². The Bertz CT molecular complexity index is 727. The molecular weight excluding hydrogens is 370 g/mol. The van der Waals surface area contributed by atoms with Crippen molar-refractivity contribution in [3.63, 3.8) is 0 Å². The predicted octanol–water partition coefficient (Wildman–Crippen LogP) is 4.54. The van der Waals surface area contributed by atoms with Crippen molar-refractivity contribution in [3.8, 4) is 23.7 Å². The Labute approximate surface area is 174 Å². The fourth-order valence-corrected chi connectivity index (χ4v) is 4.31. The molecule has 3 rings (SSSR count). The summed E-state index contributed by atoms with van der Waals surface area (Å²) in [5.41, 5.74) is -0.834. The van der Waals surface area contributed by atoms with Crippen LogP contribution in [0.3, 0.4) is 0 Å². The van der Waals surface area contributed by atoms with E-state index in [1.807, 2.05) is 29.2 Å². The second-order valence-electron chi connectivity index (χ2n) is 8.10. The molecule has 1 aromatic rings. The van der Waals surface area contributed by atoms with E-state index >= 15 is 0 Å². The van der Waals surface area contributed by atoms with Crippen LogP contribution in [0, 0.1) is 23.7 Å². The number of anilines is 1. The summed E-state index contributed by atoms with van der Waals surface area (Å²) in [5, 5.41) is 21.9. The molecular formula is C24H30ClNO2. The average molecular weight is 400 g/mol. The van der Waals surface area contributed by atoms with E-state index in [0.29, 0.717) is 18.1 Å². The number of nitrogens with zero attached hydrogens (tertiary/aromatic N) is 1. The van der Waals surface area contributed by atoms with Gasteiger partial charge in [-0.15, -0.1) is 0 Å². The molecule has 4 heteroatoms. The molecule has 2 aliphatic carbocycles. The van der Waals surface area contributed by atoms with Crippen LogP contribution in [0.1, 0.15) is 64.2 Å². The summed E-state index contributed by atoms with van der Waals surface area (Å²) in [7, 11) is 0. The zero-order chi connectivity index (χ0) is 19.9. The summed E-state index contributed by atoms with van der Waals surface area (Å²) in [4.78, 5) is 2.01. The number of benzene rings is 1. The van der Waals surface area contributed by atoms with Crippen molar-refractivity contribution in [2.75, 3.05) is 18.0 Å². The Balaban J connectivity index is 1.72. The molecule has 0 aliphatic heterocycles. The van der Waals surface area contributed by atoms with Crippen molar-refractivity contribution in [2.24, 2.45) is 0 Å². The Morgan fingerprint density at radius 1 is 0.786 bits per heavy atom. The summed E-state index contributed by atoms with van der Waals surface area (Å²) >= 11 is 6.39. The van der Waals surface area contributed by atoms with Crippen LogP contribution in [-0.4, -0.2) is 34.5 Å². The van der Waals surface area contributed by atoms with Gasteiger partial charge in [-0.25, -0.2) is 0 Å². The second-order valence-corrected chi connectivity index (χ2v) is 8.50. The zero-order valence-corrected chi connectivity index (χ0v) is 17.3.